The molecule has 2 aromatic rings. The molecule has 0 saturated carbocycles. The summed E-state index contributed by atoms with van der Waals surface area (Å²) >= 11 is 1.29. The van der Waals surface area contributed by atoms with Gasteiger partial charge in [-0.2, -0.15) is 0 Å². The lowest BCUT2D eigenvalue weighted by molar-refractivity contribution is -0.120. The van der Waals surface area contributed by atoms with Gasteiger partial charge in [-0.25, -0.2) is 22.5 Å². The maximum atomic E-state index is 12.5. The van der Waals surface area contributed by atoms with Gasteiger partial charge in [-0.15, -0.1) is 0 Å². The van der Waals surface area contributed by atoms with E-state index in [1.807, 2.05) is 0 Å². The van der Waals surface area contributed by atoms with Crippen molar-refractivity contribution in [2.24, 2.45) is 5.92 Å². The molecular weight excluding hydrogens is 390 g/mol. The minimum Gasteiger partial charge on any atom is -0.462 e. The third-order valence-electron chi connectivity index (χ3n) is 4.42. The van der Waals surface area contributed by atoms with Crippen LogP contribution in [-0.4, -0.2) is 55.5 Å². The SMILES string of the molecule is CCOC(=O)c1ccc2nc(NC(=O)C3CCN(S(C)(=O)=O)CC3)sc2c1. The van der Waals surface area contributed by atoms with Gasteiger partial charge in [-0.05, 0) is 38.0 Å². The number of carbonyl (C=O) groups is 2. The molecule has 0 bridgehead atoms. The Morgan fingerprint density at radius 3 is 2.67 bits per heavy atom. The molecule has 0 unspecified atom stereocenters. The Kier molecular flexibility index (Phi) is 5.78. The lowest BCUT2D eigenvalue weighted by atomic mass is 9.97. The Bertz CT molecular complexity index is 962. The molecule has 1 aromatic heterocycles. The fourth-order valence-electron chi connectivity index (χ4n) is 2.98. The van der Waals surface area contributed by atoms with Crippen molar-refractivity contribution in [3.05, 3.63) is 23.8 Å². The maximum Gasteiger partial charge on any atom is 0.338 e. The van der Waals surface area contributed by atoms with Crippen molar-refractivity contribution in [3.8, 4) is 0 Å². The molecule has 0 atom stereocenters. The van der Waals surface area contributed by atoms with Crippen molar-refractivity contribution in [1.29, 1.82) is 0 Å². The van der Waals surface area contributed by atoms with E-state index in [1.54, 1.807) is 25.1 Å². The van der Waals surface area contributed by atoms with E-state index < -0.39 is 16.0 Å². The van der Waals surface area contributed by atoms with Crippen LogP contribution in [0.3, 0.4) is 0 Å². The summed E-state index contributed by atoms with van der Waals surface area (Å²) < 4.78 is 30.3. The molecule has 8 nitrogen and oxygen atoms in total. The van der Waals surface area contributed by atoms with E-state index >= 15 is 0 Å². The highest BCUT2D eigenvalue weighted by molar-refractivity contribution is 7.88. The molecule has 1 amide bonds. The second-order valence-corrected chi connectivity index (χ2v) is 9.36. The van der Waals surface area contributed by atoms with Crippen molar-refractivity contribution in [2.45, 2.75) is 19.8 Å². The first-order chi connectivity index (χ1) is 12.8. The zero-order valence-electron chi connectivity index (χ0n) is 15.1. The van der Waals surface area contributed by atoms with Crippen LogP contribution in [0.4, 0.5) is 5.13 Å². The van der Waals surface area contributed by atoms with E-state index in [1.165, 1.54) is 21.9 Å². The number of sulfonamides is 1. The number of hydrogen-bond donors (Lipinski definition) is 1. The van der Waals surface area contributed by atoms with E-state index in [-0.39, 0.29) is 11.8 Å². The van der Waals surface area contributed by atoms with Crippen molar-refractivity contribution < 1.29 is 22.7 Å². The lowest BCUT2D eigenvalue weighted by Crippen LogP contribution is -2.40. The molecule has 10 heteroatoms. The average Bonchev–Trinajstić information content (AvgIpc) is 3.02. The number of hydrogen-bond acceptors (Lipinski definition) is 7. The number of nitrogens with one attached hydrogen (secondary N) is 1. The zero-order chi connectivity index (χ0) is 19.6. The molecular formula is C17H21N3O5S2. The summed E-state index contributed by atoms with van der Waals surface area (Å²) in [5.74, 6) is -0.797. The molecule has 0 spiro atoms. The second-order valence-electron chi connectivity index (χ2n) is 6.35. The molecule has 0 radical (unpaired) electrons. The number of amides is 1. The van der Waals surface area contributed by atoms with Gasteiger partial charge in [-0.3, -0.25) is 4.79 Å². The molecule has 1 fully saturated rings. The highest BCUT2D eigenvalue weighted by Gasteiger charge is 2.29. The van der Waals surface area contributed by atoms with Gasteiger partial charge in [0.05, 0.1) is 28.6 Å². The average molecular weight is 412 g/mol. The molecule has 3 rings (SSSR count). The summed E-state index contributed by atoms with van der Waals surface area (Å²) in [5, 5.41) is 3.27. The van der Waals surface area contributed by atoms with Crippen molar-refractivity contribution in [1.82, 2.24) is 9.29 Å². The minimum absolute atomic E-state index is 0.159. The van der Waals surface area contributed by atoms with Crippen LogP contribution in [0.2, 0.25) is 0 Å². The third kappa shape index (κ3) is 4.63. The Hall–Kier alpha value is -2.04. The van der Waals surface area contributed by atoms with E-state index in [2.05, 4.69) is 10.3 Å². The fourth-order valence-corrected chi connectivity index (χ4v) is 4.76. The van der Waals surface area contributed by atoms with Crippen LogP contribution >= 0.6 is 11.3 Å². The van der Waals surface area contributed by atoms with Gasteiger partial charge in [0, 0.05) is 19.0 Å². The molecule has 1 aliphatic heterocycles. The number of fused-ring (bicyclic) bond motifs is 1. The Balaban J connectivity index is 1.66. The topological polar surface area (TPSA) is 106 Å². The molecule has 1 saturated heterocycles. The molecule has 1 N–H and O–H groups in total. The van der Waals surface area contributed by atoms with Crippen LogP contribution < -0.4 is 5.32 Å². The predicted molar refractivity (Wildman–Crippen MR) is 103 cm³/mol. The van der Waals surface area contributed by atoms with Gasteiger partial charge in [0.15, 0.2) is 5.13 Å². The summed E-state index contributed by atoms with van der Waals surface area (Å²) in [5.41, 5.74) is 1.13. The summed E-state index contributed by atoms with van der Waals surface area (Å²) in [7, 11) is -3.21. The minimum atomic E-state index is -3.21. The number of piperidine rings is 1. The quantitative estimate of drug-likeness (QED) is 0.755. The number of thiazole rings is 1. The number of nitrogens with zero attached hydrogens (tertiary/aromatic N) is 2. The van der Waals surface area contributed by atoms with E-state index in [9.17, 15) is 18.0 Å². The zero-order valence-corrected chi connectivity index (χ0v) is 16.7. The highest BCUT2D eigenvalue weighted by Crippen LogP contribution is 2.28. The number of carbonyl (C=O) groups excluding carboxylic acids is 2. The first kappa shape index (κ1) is 19.7. The molecule has 1 aliphatic rings. The van der Waals surface area contributed by atoms with Crippen molar-refractivity contribution in [3.63, 3.8) is 0 Å². The number of anilines is 1. The molecule has 2 heterocycles. The monoisotopic (exact) mass is 411 g/mol. The largest absolute Gasteiger partial charge is 0.462 e. The normalized spacial score (nSPS) is 16.4. The standard InChI is InChI=1S/C17H21N3O5S2/c1-3-25-16(22)12-4-5-13-14(10-12)26-17(18-13)19-15(21)11-6-8-20(9-7-11)27(2,23)24/h4-5,10-11H,3,6-9H2,1-2H3,(H,18,19,21). The van der Waals surface area contributed by atoms with E-state index in [4.69, 9.17) is 4.74 Å². The predicted octanol–water partition coefficient (Wildman–Crippen LogP) is 2.08. The first-order valence-corrected chi connectivity index (χ1v) is 11.3. The van der Waals surface area contributed by atoms with Crippen molar-refractivity contribution >= 4 is 48.6 Å². The number of aromatic nitrogens is 1. The summed E-state index contributed by atoms with van der Waals surface area (Å²) in [4.78, 5) is 28.7. The Morgan fingerprint density at radius 2 is 2.04 bits per heavy atom. The van der Waals surface area contributed by atoms with Crippen LogP contribution in [0, 0.1) is 5.92 Å². The van der Waals surface area contributed by atoms with Crippen molar-refractivity contribution in [2.75, 3.05) is 31.3 Å². The van der Waals surface area contributed by atoms with Crippen LogP contribution in [0.1, 0.15) is 30.1 Å². The summed E-state index contributed by atoms with van der Waals surface area (Å²) in [6.45, 7) is 2.75. The van der Waals surface area contributed by atoms with Gasteiger partial charge in [0.25, 0.3) is 0 Å². The first-order valence-electron chi connectivity index (χ1n) is 8.61. The van der Waals surface area contributed by atoms with E-state index in [0.29, 0.717) is 48.7 Å². The van der Waals surface area contributed by atoms with Crippen LogP contribution in [0.5, 0.6) is 0 Å². The number of esters is 1. The van der Waals surface area contributed by atoms with Crippen LogP contribution in [0.25, 0.3) is 10.2 Å². The van der Waals surface area contributed by atoms with Gasteiger partial charge in [0.1, 0.15) is 0 Å². The van der Waals surface area contributed by atoms with Gasteiger partial charge in [-0.1, -0.05) is 11.3 Å². The molecule has 1 aromatic carbocycles. The van der Waals surface area contributed by atoms with Crippen LogP contribution in [0.15, 0.2) is 18.2 Å². The molecule has 27 heavy (non-hydrogen) atoms. The lowest BCUT2D eigenvalue weighted by Gasteiger charge is -2.29. The van der Waals surface area contributed by atoms with Gasteiger partial charge in [0.2, 0.25) is 15.9 Å². The van der Waals surface area contributed by atoms with E-state index in [0.717, 1.165) is 4.70 Å². The number of benzene rings is 1. The smallest absolute Gasteiger partial charge is 0.338 e. The third-order valence-corrected chi connectivity index (χ3v) is 6.66. The fraction of sp³-hybridized carbons (Fsp3) is 0.471. The van der Waals surface area contributed by atoms with Gasteiger partial charge < -0.3 is 10.1 Å². The van der Waals surface area contributed by atoms with Gasteiger partial charge >= 0.3 is 5.97 Å². The second kappa shape index (κ2) is 7.91. The molecule has 0 aliphatic carbocycles. The number of rotatable bonds is 5. The highest BCUT2D eigenvalue weighted by atomic mass is 32.2. The summed E-state index contributed by atoms with van der Waals surface area (Å²) in [6.07, 6.45) is 2.15. The van der Waals surface area contributed by atoms with Crippen LogP contribution in [-0.2, 0) is 19.6 Å². The molecule has 146 valence electrons. The Morgan fingerprint density at radius 1 is 1.33 bits per heavy atom. The maximum absolute atomic E-state index is 12.5. The number of ether oxygens (including phenoxy) is 1. The summed E-state index contributed by atoms with van der Waals surface area (Å²) in [6, 6.07) is 5.07. The Labute approximate surface area is 161 Å².